The molecule has 1 aliphatic rings. The number of hydrogen-bond donors (Lipinski definition) is 0. The fourth-order valence-electron chi connectivity index (χ4n) is 3.79. The van der Waals surface area contributed by atoms with Gasteiger partial charge in [0.15, 0.2) is 0 Å². The van der Waals surface area contributed by atoms with Gasteiger partial charge in [-0.15, -0.1) is 0 Å². The normalized spacial score (nSPS) is 20.0. The Balaban J connectivity index is 1.50. The van der Waals surface area contributed by atoms with Crippen LogP contribution in [0, 0.1) is 23.2 Å². The van der Waals surface area contributed by atoms with E-state index in [-0.39, 0.29) is 0 Å². The molecule has 0 N–H and O–H groups in total. The molecule has 0 bridgehead atoms. The van der Waals surface area contributed by atoms with E-state index in [4.69, 9.17) is 10.00 Å². The molecular weight excluding hydrogens is 306 g/mol. The van der Waals surface area contributed by atoms with E-state index in [1.54, 1.807) is 0 Å². The highest BCUT2D eigenvalue weighted by molar-refractivity contribution is 5.64. The quantitative estimate of drug-likeness (QED) is 0.629. The van der Waals surface area contributed by atoms with Crippen LogP contribution in [0.15, 0.2) is 48.5 Å². The van der Waals surface area contributed by atoms with Gasteiger partial charge < -0.3 is 4.74 Å². The lowest BCUT2D eigenvalue weighted by Gasteiger charge is -2.28. The zero-order chi connectivity index (χ0) is 17.5. The van der Waals surface area contributed by atoms with Gasteiger partial charge in [0.25, 0.3) is 0 Å². The van der Waals surface area contributed by atoms with Crippen molar-refractivity contribution < 1.29 is 4.74 Å². The molecule has 1 fully saturated rings. The highest BCUT2D eigenvalue weighted by atomic mass is 16.5. The number of hydrogen-bond acceptors (Lipinski definition) is 2. The third kappa shape index (κ3) is 4.86. The van der Waals surface area contributed by atoms with Gasteiger partial charge in [-0.1, -0.05) is 56.9 Å². The van der Waals surface area contributed by atoms with Gasteiger partial charge in [0.1, 0.15) is 5.75 Å². The van der Waals surface area contributed by atoms with Crippen molar-refractivity contribution in [3.63, 3.8) is 0 Å². The van der Waals surface area contributed by atoms with Crippen molar-refractivity contribution in [2.75, 3.05) is 6.61 Å². The maximum atomic E-state index is 8.88. The van der Waals surface area contributed by atoms with E-state index in [9.17, 15) is 0 Å². The average Bonchev–Trinajstić information content (AvgIpc) is 2.68. The molecule has 0 spiro atoms. The lowest BCUT2D eigenvalue weighted by molar-refractivity contribution is 0.178. The van der Waals surface area contributed by atoms with Gasteiger partial charge in [-0.25, -0.2) is 0 Å². The third-order valence-electron chi connectivity index (χ3n) is 5.35. The van der Waals surface area contributed by atoms with Gasteiger partial charge in [0, 0.05) is 0 Å². The van der Waals surface area contributed by atoms with E-state index < -0.39 is 0 Å². The number of nitrogens with zero attached hydrogens (tertiary/aromatic N) is 1. The van der Waals surface area contributed by atoms with Crippen molar-refractivity contribution in [3.05, 3.63) is 54.1 Å². The Bertz CT molecular complexity index is 688. The Morgan fingerprint density at radius 2 is 1.44 bits per heavy atom. The molecule has 0 radical (unpaired) electrons. The van der Waals surface area contributed by atoms with Crippen LogP contribution in [-0.4, -0.2) is 6.61 Å². The second kappa shape index (κ2) is 8.72. The van der Waals surface area contributed by atoms with Gasteiger partial charge >= 0.3 is 0 Å². The van der Waals surface area contributed by atoms with Crippen molar-refractivity contribution in [2.45, 2.75) is 45.4 Å². The first-order valence-electron chi connectivity index (χ1n) is 9.52. The van der Waals surface area contributed by atoms with Crippen molar-refractivity contribution in [3.8, 4) is 22.9 Å². The molecular formula is C23H27NO. The summed E-state index contributed by atoms with van der Waals surface area (Å²) < 4.78 is 6.03. The molecule has 1 saturated carbocycles. The van der Waals surface area contributed by atoms with Crippen LogP contribution >= 0.6 is 0 Å². The lowest BCUT2D eigenvalue weighted by Crippen LogP contribution is -2.20. The molecule has 130 valence electrons. The SMILES string of the molecule is CCC[C@H]1CC[C@H](COc2ccc(-c3ccc(C#N)cc3)cc2)CC1. The smallest absolute Gasteiger partial charge is 0.119 e. The standard InChI is InChI=1S/C23H27NO/c1-2-3-18-4-6-20(7-5-18)17-25-23-14-12-22(13-15-23)21-10-8-19(16-24)9-11-21/h8-15,18,20H,2-7,17H2,1H3/t18-,20-. The van der Waals surface area contributed by atoms with Crippen LogP contribution < -0.4 is 4.74 Å². The van der Waals surface area contributed by atoms with Gasteiger partial charge in [-0.05, 0) is 60.1 Å². The summed E-state index contributed by atoms with van der Waals surface area (Å²) in [6.07, 6.45) is 8.09. The first-order valence-corrected chi connectivity index (χ1v) is 9.52. The molecule has 0 heterocycles. The molecule has 2 heteroatoms. The molecule has 0 amide bonds. The lowest BCUT2D eigenvalue weighted by atomic mass is 9.80. The first kappa shape index (κ1) is 17.5. The van der Waals surface area contributed by atoms with Gasteiger partial charge in [0.2, 0.25) is 0 Å². The summed E-state index contributed by atoms with van der Waals surface area (Å²) in [4.78, 5) is 0. The summed E-state index contributed by atoms with van der Waals surface area (Å²) in [5.74, 6) is 2.62. The fourth-order valence-corrected chi connectivity index (χ4v) is 3.79. The molecule has 2 aromatic carbocycles. The summed E-state index contributed by atoms with van der Waals surface area (Å²) in [6, 6.07) is 18.1. The summed E-state index contributed by atoms with van der Waals surface area (Å²) in [5, 5.41) is 8.88. The van der Waals surface area contributed by atoms with E-state index in [1.807, 2.05) is 24.3 Å². The largest absolute Gasteiger partial charge is 0.493 e. The molecule has 2 aromatic rings. The molecule has 0 aromatic heterocycles. The molecule has 0 unspecified atom stereocenters. The molecule has 1 aliphatic carbocycles. The number of ether oxygens (including phenoxy) is 1. The van der Waals surface area contributed by atoms with Gasteiger partial charge in [-0.2, -0.15) is 5.26 Å². The van der Waals surface area contributed by atoms with Crippen molar-refractivity contribution in [2.24, 2.45) is 11.8 Å². The second-order valence-electron chi connectivity index (χ2n) is 7.20. The number of benzene rings is 2. The minimum absolute atomic E-state index is 0.692. The van der Waals surface area contributed by atoms with Crippen molar-refractivity contribution in [1.82, 2.24) is 0 Å². The molecule has 2 nitrogen and oxygen atoms in total. The zero-order valence-corrected chi connectivity index (χ0v) is 15.1. The van der Waals surface area contributed by atoms with Crippen LogP contribution in [0.1, 0.15) is 51.0 Å². The van der Waals surface area contributed by atoms with Crippen LogP contribution in [-0.2, 0) is 0 Å². The molecule has 3 rings (SSSR count). The Kier molecular flexibility index (Phi) is 6.12. The highest BCUT2D eigenvalue weighted by Crippen LogP contribution is 2.32. The van der Waals surface area contributed by atoms with Crippen LogP contribution in [0.5, 0.6) is 5.75 Å². The van der Waals surface area contributed by atoms with E-state index in [0.717, 1.165) is 29.4 Å². The molecule has 0 saturated heterocycles. The fraction of sp³-hybridized carbons (Fsp3) is 0.435. The Labute approximate surface area is 151 Å². The number of nitriles is 1. The van der Waals surface area contributed by atoms with Gasteiger partial charge in [0.05, 0.1) is 18.2 Å². The van der Waals surface area contributed by atoms with Crippen LogP contribution in [0.25, 0.3) is 11.1 Å². The minimum Gasteiger partial charge on any atom is -0.493 e. The van der Waals surface area contributed by atoms with E-state index in [0.29, 0.717) is 11.5 Å². The second-order valence-corrected chi connectivity index (χ2v) is 7.20. The summed E-state index contributed by atoms with van der Waals surface area (Å²) in [7, 11) is 0. The van der Waals surface area contributed by atoms with Crippen LogP contribution in [0.2, 0.25) is 0 Å². The van der Waals surface area contributed by atoms with E-state index >= 15 is 0 Å². The Hall–Kier alpha value is -2.27. The predicted molar refractivity (Wildman–Crippen MR) is 102 cm³/mol. The highest BCUT2D eigenvalue weighted by Gasteiger charge is 2.20. The average molecular weight is 333 g/mol. The molecule has 25 heavy (non-hydrogen) atoms. The first-order chi connectivity index (χ1) is 12.3. The third-order valence-corrected chi connectivity index (χ3v) is 5.35. The minimum atomic E-state index is 0.692. The van der Waals surface area contributed by atoms with Crippen molar-refractivity contribution >= 4 is 0 Å². The Morgan fingerprint density at radius 1 is 0.880 bits per heavy atom. The molecule has 0 aliphatic heterocycles. The zero-order valence-electron chi connectivity index (χ0n) is 15.1. The maximum absolute atomic E-state index is 8.88. The Morgan fingerprint density at radius 3 is 2.00 bits per heavy atom. The van der Waals surface area contributed by atoms with E-state index in [2.05, 4.69) is 37.3 Å². The number of rotatable bonds is 6. The summed E-state index contributed by atoms with van der Waals surface area (Å²) >= 11 is 0. The maximum Gasteiger partial charge on any atom is 0.119 e. The topological polar surface area (TPSA) is 33.0 Å². The summed E-state index contributed by atoms with van der Waals surface area (Å²) in [6.45, 7) is 3.13. The van der Waals surface area contributed by atoms with Gasteiger partial charge in [-0.3, -0.25) is 0 Å². The summed E-state index contributed by atoms with van der Waals surface area (Å²) in [5.41, 5.74) is 2.97. The predicted octanol–water partition coefficient (Wildman–Crippen LogP) is 6.21. The molecule has 0 atom stereocenters. The monoisotopic (exact) mass is 333 g/mol. The van der Waals surface area contributed by atoms with Crippen molar-refractivity contribution in [1.29, 1.82) is 5.26 Å². The van der Waals surface area contributed by atoms with Crippen LogP contribution in [0.3, 0.4) is 0 Å². The van der Waals surface area contributed by atoms with Crippen LogP contribution in [0.4, 0.5) is 0 Å². The van der Waals surface area contributed by atoms with E-state index in [1.165, 1.54) is 38.5 Å².